The van der Waals surface area contributed by atoms with Crippen molar-refractivity contribution in [3.8, 4) is 0 Å². The van der Waals surface area contributed by atoms with E-state index in [2.05, 4.69) is 34.1 Å². The van der Waals surface area contributed by atoms with Crippen molar-refractivity contribution < 1.29 is 4.74 Å². The van der Waals surface area contributed by atoms with Gasteiger partial charge in [-0.1, -0.05) is 12.1 Å². The minimum Gasteiger partial charge on any atom is -0.475 e. The fraction of sp³-hybridized carbons (Fsp3) is 0.632. The standard InChI is InChI=1S/C19H22BrNO/c20-16-4-2-1-3-15(16)18-21-17(11-22-18)19-8-12-5-13(9-19)7-14(6-12)10-19/h1-4,12-14,17H,5-11H2/t12?,13?,14?,17-,19?/m1/s1. The predicted molar refractivity (Wildman–Crippen MR) is 91.0 cm³/mol. The van der Waals surface area contributed by atoms with Gasteiger partial charge in [0.1, 0.15) is 6.61 Å². The van der Waals surface area contributed by atoms with Gasteiger partial charge in [-0.15, -0.1) is 0 Å². The molecule has 3 heteroatoms. The summed E-state index contributed by atoms with van der Waals surface area (Å²) in [7, 11) is 0. The van der Waals surface area contributed by atoms with Crippen LogP contribution < -0.4 is 0 Å². The molecule has 116 valence electrons. The van der Waals surface area contributed by atoms with Crippen LogP contribution in [0.1, 0.15) is 44.1 Å². The lowest BCUT2D eigenvalue weighted by Crippen LogP contribution is -2.51. The van der Waals surface area contributed by atoms with Gasteiger partial charge < -0.3 is 4.74 Å². The van der Waals surface area contributed by atoms with E-state index in [1.165, 1.54) is 38.5 Å². The van der Waals surface area contributed by atoms with Crippen LogP contribution >= 0.6 is 15.9 Å². The molecule has 0 spiro atoms. The first kappa shape index (κ1) is 13.6. The second-order valence-corrected chi connectivity index (χ2v) is 8.88. The summed E-state index contributed by atoms with van der Waals surface area (Å²) in [4.78, 5) is 5.07. The van der Waals surface area contributed by atoms with Crippen molar-refractivity contribution in [3.63, 3.8) is 0 Å². The first-order valence-corrected chi connectivity index (χ1v) is 9.47. The Kier molecular flexibility index (Phi) is 2.99. The lowest BCUT2D eigenvalue weighted by Gasteiger charge is -2.58. The van der Waals surface area contributed by atoms with Crippen LogP contribution in [0.2, 0.25) is 0 Å². The summed E-state index contributed by atoms with van der Waals surface area (Å²) in [6.45, 7) is 0.794. The third-order valence-corrected chi connectivity index (χ3v) is 7.24. The van der Waals surface area contributed by atoms with E-state index in [-0.39, 0.29) is 0 Å². The number of hydrogen-bond donors (Lipinski definition) is 0. The lowest BCUT2D eigenvalue weighted by molar-refractivity contribution is -0.0691. The molecular weight excluding hydrogens is 338 g/mol. The summed E-state index contributed by atoms with van der Waals surface area (Å²) < 4.78 is 7.13. The summed E-state index contributed by atoms with van der Waals surface area (Å²) in [5, 5.41) is 0. The van der Waals surface area contributed by atoms with Gasteiger partial charge in [0, 0.05) is 4.47 Å². The van der Waals surface area contributed by atoms with Crippen molar-refractivity contribution in [1.29, 1.82) is 0 Å². The molecule has 4 bridgehead atoms. The monoisotopic (exact) mass is 359 g/mol. The molecule has 0 aromatic heterocycles. The van der Waals surface area contributed by atoms with Gasteiger partial charge in [0.15, 0.2) is 0 Å². The molecular formula is C19H22BrNO. The number of rotatable bonds is 2. The zero-order valence-electron chi connectivity index (χ0n) is 12.8. The van der Waals surface area contributed by atoms with Gasteiger partial charge in [-0.2, -0.15) is 0 Å². The van der Waals surface area contributed by atoms with Gasteiger partial charge in [0.05, 0.1) is 11.6 Å². The van der Waals surface area contributed by atoms with Crippen molar-refractivity contribution in [2.24, 2.45) is 28.2 Å². The normalized spacial score (nSPS) is 42.3. The van der Waals surface area contributed by atoms with Gasteiger partial charge in [-0.05, 0) is 89.8 Å². The van der Waals surface area contributed by atoms with E-state index in [1.54, 1.807) is 0 Å². The Bertz CT molecular complexity index is 603. The van der Waals surface area contributed by atoms with Crippen molar-refractivity contribution in [1.82, 2.24) is 0 Å². The van der Waals surface area contributed by atoms with E-state index in [0.29, 0.717) is 11.5 Å². The molecule has 1 aromatic carbocycles. The zero-order valence-corrected chi connectivity index (χ0v) is 14.4. The van der Waals surface area contributed by atoms with E-state index >= 15 is 0 Å². The van der Waals surface area contributed by atoms with E-state index in [0.717, 1.165) is 40.3 Å². The van der Waals surface area contributed by atoms with E-state index in [4.69, 9.17) is 9.73 Å². The Morgan fingerprint density at radius 1 is 1.00 bits per heavy atom. The third kappa shape index (κ3) is 2.01. The van der Waals surface area contributed by atoms with Crippen LogP contribution in [0, 0.1) is 23.2 Å². The maximum atomic E-state index is 6.04. The molecule has 5 aliphatic rings. The van der Waals surface area contributed by atoms with E-state index < -0.39 is 0 Å². The zero-order chi connectivity index (χ0) is 14.7. The smallest absolute Gasteiger partial charge is 0.217 e. The fourth-order valence-corrected chi connectivity index (χ4v) is 6.51. The SMILES string of the molecule is Brc1ccccc1C1=N[C@@H](C23CC4CC(CC(C4)C2)C3)CO1. The van der Waals surface area contributed by atoms with Crippen LogP contribution in [-0.2, 0) is 4.74 Å². The van der Waals surface area contributed by atoms with Crippen molar-refractivity contribution in [2.75, 3.05) is 6.61 Å². The third-order valence-electron chi connectivity index (χ3n) is 6.55. The molecule has 0 saturated heterocycles. The molecule has 4 saturated carbocycles. The maximum absolute atomic E-state index is 6.04. The molecule has 0 radical (unpaired) electrons. The predicted octanol–water partition coefficient (Wildman–Crippen LogP) is 4.81. The highest BCUT2D eigenvalue weighted by Gasteiger charge is 2.55. The fourth-order valence-electron chi connectivity index (χ4n) is 6.06. The molecule has 4 fully saturated rings. The highest BCUT2D eigenvalue weighted by Crippen LogP contribution is 2.62. The number of nitrogens with zero attached hydrogens (tertiary/aromatic N) is 1. The molecule has 0 unspecified atom stereocenters. The average molecular weight is 360 g/mol. The van der Waals surface area contributed by atoms with Crippen LogP contribution in [0.15, 0.2) is 33.7 Å². The van der Waals surface area contributed by atoms with Gasteiger partial charge in [0.25, 0.3) is 0 Å². The topological polar surface area (TPSA) is 21.6 Å². The second-order valence-electron chi connectivity index (χ2n) is 8.02. The molecule has 0 N–H and O–H groups in total. The van der Waals surface area contributed by atoms with Crippen molar-refractivity contribution in [2.45, 2.75) is 44.6 Å². The molecule has 4 aliphatic carbocycles. The number of halogens is 1. The van der Waals surface area contributed by atoms with Crippen molar-refractivity contribution in [3.05, 3.63) is 34.3 Å². The Labute approximate surface area is 140 Å². The highest BCUT2D eigenvalue weighted by molar-refractivity contribution is 9.10. The molecule has 6 rings (SSSR count). The number of ether oxygens (including phenoxy) is 1. The van der Waals surface area contributed by atoms with Crippen LogP contribution in [0.5, 0.6) is 0 Å². The van der Waals surface area contributed by atoms with Crippen LogP contribution in [0.3, 0.4) is 0 Å². The minimum absolute atomic E-state index is 0.392. The molecule has 1 aliphatic heterocycles. The van der Waals surface area contributed by atoms with Gasteiger partial charge in [-0.3, -0.25) is 0 Å². The Balaban J connectivity index is 1.46. The summed E-state index contributed by atoms with van der Waals surface area (Å²) in [6.07, 6.45) is 8.69. The molecule has 1 atom stereocenters. The number of hydrogen-bond acceptors (Lipinski definition) is 2. The molecule has 0 amide bonds. The molecule has 1 heterocycles. The van der Waals surface area contributed by atoms with E-state index in [9.17, 15) is 0 Å². The molecule has 2 nitrogen and oxygen atoms in total. The van der Waals surface area contributed by atoms with Gasteiger partial charge in [0.2, 0.25) is 5.90 Å². The Morgan fingerprint density at radius 3 is 2.27 bits per heavy atom. The average Bonchev–Trinajstić information content (AvgIpc) is 2.97. The maximum Gasteiger partial charge on any atom is 0.217 e. The van der Waals surface area contributed by atoms with Crippen LogP contribution in [0.25, 0.3) is 0 Å². The highest BCUT2D eigenvalue weighted by atomic mass is 79.9. The summed E-state index contributed by atoms with van der Waals surface area (Å²) in [5.41, 5.74) is 1.56. The van der Waals surface area contributed by atoms with Gasteiger partial charge >= 0.3 is 0 Å². The first-order chi connectivity index (χ1) is 10.7. The number of benzene rings is 1. The van der Waals surface area contributed by atoms with Crippen molar-refractivity contribution >= 4 is 21.8 Å². The lowest BCUT2D eigenvalue weighted by atomic mass is 9.48. The molecule has 1 aromatic rings. The first-order valence-electron chi connectivity index (χ1n) is 8.67. The Hall–Kier alpha value is -0.830. The second kappa shape index (κ2) is 4.83. The largest absolute Gasteiger partial charge is 0.475 e. The number of aliphatic imine (C=N–C) groups is 1. The van der Waals surface area contributed by atoms with E-state index in [1.807, 2.05) is 6.07 Å². The Morgan fingerprint density at radius 2 is 1.64 bits per heavy atom. The minimum atomic E-state index is 0.392. The molecule has 22 heavy (non-hydrogen) atoms. The summed E-state index contributed by atoms with van der Waals surface area (Å²) >= 11 is 3.63. The summed E-state index contributed by atoms with van der Waals surface area (Å²) in [6, 6.07) is 8.66. The summed E-state index contributed by atoms with van der Waals surface area (Å²) in [5.74, 6) is 3.80. The van der Waals surface area contributed by atoms with Crippen LogP contribution in [-0.4, -0.2) is 18.5 Å². The van der Waals surface area contributed by atoms with Gasteiger partial charge in [-0.25, -0.2) is 4.99 Å². The van der Waals surface area contributed by atoms with Crippen LogP contribution in [0.4, 0.5) is 0 Å². The quantitative estimate of drug-likeness (QED) is 0.742.